The summed E-state index contributed by atoms with van der Waals surface area (Å²) in [6.07, 6.45) is 2.05. The minimum Gasteiger partial charge on any atom is -0.480 e. The number of urea groups is 1. The first-order valence-electron chi connectivity index (χ1n) is 7.36. The van der Waals surface area contributed by atoms with Gasteiger partial charge in [-0.1, -0.05) is 0 Å². The van der Waals surface area contributed by atoms with Crippen molar-refractivity contribution in [2.75, 3.05) is 47.4 Å². The Balaban J connectivity index is 2.38. The lowest BCUT2D eigenvalue weighted by Crippen LogP contribution is -2.48. The molecule has 0 spiro atoms. The second kappa shape index (κ2) is 8.84. The quantitative estimate of drug-likeness (QED) is 0.637. The number of carbonyl (C=O) groups is 2. The summed E-state index contributed by atoms with van der Waals surface area (Å²) in [7, 11) is 5.35. The Labute approximate surface area is 126 Å². The molecule has 0 aromatic heterocycles. The lowest BCUT2D eigenvalue weighted by molar-refractivity contribution is -0.139. The molecule has 122 valence electrons. The number of carboxylic acids is 1. The van der Waals surface area contributed by atoms with E-state index in [0.29, 0.717) is 31.9 Å². The number of likely N-dealkylation sites (tertiary alicyclic amines) is 1. The van der Waals surface area contributed by atoms with Crippen LogP contribution in [0.5, 0.6) is 0 Å². The number of rotatable bonds is 8. The number of nitrogens with zero attached hydrogens (tertiary/aromatic N) is 2. The van der Waals surface area contributed by atoms with Crippen molar-refractivity contribution in [3.05, 3.63) is 0 Å². The molecule has 2 unspecified atom stereocenters. The van der Waals surface area contributed by atoms with E-state index in [-0.39, 0.29) is 6.03 Å². The van der Waals surface area contributed by atoms with Crippen LogP contribution in [0.2, 0.25) is 0 Å². The summed E-state index contributed by atoms with van der Waals surface area (Å²) in [6.45, 7) is 3.17. The van der Waals surface area contributed by atoms with Crippen LogP contribution in [0.15, 0.2) is 0 Å². The highest BCUT2D eigenvalue weighted by atomic mass is 16.5. The van der Waals surface area contributed by atoms with Gasteiger partial charge >= 0.3 is 12.0 Å². The van der Waals surface area contributed by atoms with Crippen molar-refractivity contribution in [2.24, 2.45) is 5.92 Å². The number of aliphatic carboxylic acids is 1. The van der Waals surface area contributed by atoms with Gasteiger partial charge in [-0.2, -0.15) is 0 Å². The number of methoxy groups -OCH3 is 1. The molecule has 1 aliphatic rings. The van der Waals surface area contributed by atoms with E-state index in [4.69, 9.17) is 9.84 Å². The molecule has 2 N–H and O–H groups in total. The van der Waals surface area contributed by atoms with Crippen molar-refractivity contribution >= 4 is 12.0 Å². The zero-order valence-electron chi connectivity index (χ0n) is 13.2. The van der Waals surface area contributed by atoms with Crippen LogP contribution >= 0.6 is 0 Å². The maximum Gasteiger partial charge on any atom is 0.326 e. The zero-order chi connectivity index (χ0) is 15.8. The Morgan fingerprint density at radius 3 is 2.76 bits per heavy atom. The number of amides is 2. The van der Waals surface area contributed by atoms with Crippen LogP contribution in [-0.4, -0.2) is 80.4 Å². The maximum absolute atomic E-state index is 12.1. The van der Waals surface area contributed by atoms with Gasteiger partial charge in [-0.3, -0.25) is 0 Å². The Morgan fingerprint density at radius 1 is 1.52 bits per heavy atom. The van der Waals surface area contributed by atoms with Crippen molar-refractivity contribution < 1.29 is 19.4 Å². The first kappa shape index (κ1) is 17.7. The van der Waals surface area contributed by atoms with Crippen LogP contribution < -0.4 is 5.32 Å². The van der Waals surface area contributed by atoms with Gasteiger partial charge in [0.1, 0.15) is 6.04 Å². The third-order valence-electron chi connectivity index (χ3n) is 3.80. The van der Waals surface area contributed by atoms with Crippen molar-refractivity contribution in [3.63, 3.8) is 0 Å². The van der Waals surface area contributed by atoms with Gasteiger partial charge in [0, 0.05) is 33.9 Å². The Morgan fingerprint density at radius 2 is 2.24 bits per heavy atom. The highest BCUT2D eigenvalue weighted by molar-refractivity contribution is 5.82. The van der Waals surface area contributed by atoms with Crippen molar-refractivity contribution in [1.82, 2.24) is 15.1 Å². The molecule has 1 heterocycles. The molecule has 0 radical (unpaired) electrons. The van der Waals surface area contributed by atoms with Gasteiger partial charge in [0.2, 0.25) is 0 Å². The molecular weight excluding hydrogens is 274 g/mol. The van der Waals surface area contributed by atoms with E-state index in [0.717, 1.165) is 19.5 Å². The molecule has 21 heavy (non-hydrogen) atoms. The van der Waals surface area contributed by atoms with Gasteiger partial charge in [-0.05, 0) is 38.8 Å². The van der Waals surface area contributed by atoms with Gasteiger partial charge in [-0.25, -0.2) is 9.59 Å². The smallest absolute Gasteiger partial charge is 0.326 e. The number of nitrogens with one attached hydrogen (secondary N) is 1. The minimum atomic E-state index is -1.01. The van der Waals surface area contributed by atoms with Crippen LogP contribution in [-0.2, 0) is 9.53 Å². The van der Waals surface area contributed by atoms with Crippen molar-refractivity contribution in [3.8, 4) is 0 Å². The summed E-state index contributed by atoms with van der Waals surface area (Å²) in [5.41, 5.74) is 0. The number of carboxylic acid groups (broad SMARTS) is 1. The van der Waals surface area contributed by atoms with Crippen molar-refractivity contribution in [1.29, 1.82) is 0 Å². The molecule has 7 heteroatoms. The SMILES string of the molecule is COCCCC(NC(=O)N(C)CC1CCN(C)C1)C(=O)O. The van der Waals surface area contributed by atoms with Crippen LogP contribution in [0, 0.1) is 5.92 Å². The molecule has 1 rings (SSSR count). The van der Waals surface area contributed by atoms with Gasteiger partial charge < -0.3 is 25.0 Å². The van der Waals surface area contributed by atoms with Crippen LogP contribution in [0.3, 0.4) is 0 Å². The second-order valence-electron chi connectivity index (χ2n) is 5.77. The van der Waals surface area contributed by atoms with Gasteiger partial charge in [0.25, 0.3) is 0 Å². The summed E-state index contributed by atoms with van der Waals surface area (Å²) in [4.78, 5) is 27.0. The minimum absolute atomic E-state index is 0.325. The second-order valence-corrected chi connectivity index (χ2v) is 5.77. The van der Waals surface area contributed by atoms with Crippen molar-refractivity contribution in [2.45, 2.75) is 25.3 Å². The van der Waals surface area contributed by atoms with Gasteiger partial charge in [0.15, 0.2) is 0 Å². The molecule has 2 amide bonds. The topological polar surface area (TPSA) is 82.1 Å². The fourth-order valence-corrected chi connectivity index (χ4v) is 2.59. The molecule has 0 aromatic carbocycles. The molecule has 1 saturated heterocycles. The van der Waals surface area contributed by atoms with E-state index >= 15 is 0 Å². The zero-order valence-corrected chi connectivity index (χ0v) is 13.2. The molecule has 7 nitrogen and oxygen atoms in total. The first-order valence-corrected chi connectivity index (χ1v) is 7.36. The molecule has 1 fully saturated rings. The molecule has 0 bridgehead atoms. The Kier molecular flexibility index (Phi) is 7.45. The average Bonchev–Trinajstić information content (AvgIpc) is 2.82. The predicted octanol–water partition coefficient (Wildman–Crippen LogP) is 0.459. The molecule has 1 aliphatic heterocycles. The average molecular weight is 301 g/mol. The summed E-state index contributed by atoms with van der Waals surface area (Å²) in [5, 5.41) is 11.7. The number of carbonyl (C=O) groups excluding carboxylic acids is 1. The Bertz CT molecular complexity index is 351. The van der Waals surface area contributed by atoms with E-state index in [1.165, 1.54) is 0 Å². The standard InChI is InChI=1S/C14H27N3O4/c1-16-7-6-11(9-16)10-17(2)14(20)15-12(13(18)19)5-4-8-21-3/h11-12H,4-10H2,1-3H3,(H,15,20)(H,18,19). The van der Waals surface area contributed by atoms with E-state index in [2.05, 4.69) is 17.3 Å². The van der Waals surface area contributed by atoms with E-state index in [1.54, 1.807) is 19.1 Å². The predicted molar refractivity (Wildman–Crippen MR) is 79.3 cm³/mol. The molecule has 2 atom stereocenters. The summed E-state index contributed by atoms with van der Waals surface area (Å²) in [5.74, 6) is -0.545. The fraction of sp³-hybridized carbons (Fsp3) is 0.857. The summed E-state index contributed by atoms with van der Waals surface area (Å²) < 4.78 is 4.90. The highest BCUT2D eigenvalue weighted by Gasteiger charge is 2.25. The third kappa shape index (κ3) is 6.31. The Hall–Kier alpha value is -1.34. The lowest BCUT2D eigenvalue weighted by Gasteiger charge is -2.24. The van der Waals surface area contributed by atoms with Gasteiger partial charge in [-0.15, -0.1) is 0 Å². The third-order valence-corrected chi connectivity index (χ3v) is 3.80. The van der Waals surface area contributed by atoms with Crippen LogP contribution in [0.25, 0.3) is 0 Å². The molecule has 0 aromatic rings. The van der Waals surface area contributed by atoms with Crippen LogP contribution in [0.4, 0.5) is 4.79 Å². The fourth-order valence-electron chi connectivity index (χ4n) is 2.59. The normalized spacial score (nSPS) is 20.2. The largest absolute Gasteiger partial charge is 0.480 e. The molecule has 0 aliphatic carbocycles. The summed E-state index contributed by atoms with van der Waals surface area (Å²) >= 11 is 0. The number of ether oxygens (including phenoxy) is 1. The first-order chi connectivity index (χ1) is 9.93. The maximum atomic E-state index is 12.1. The monoisotopic (exact) mass is 301 g/mol. The molecule has 0 saturated carbocycles. The van der Waals surface area contributed by atoms with Crippen LogP contribution in [0.1, 0.15) is 19.3 Å². The van der Waals surface area contributed by atoms with Gasteiger partial charge in [0.05, 0.1) is 0 Å². The highest BCUT2D eigenvalue weighted by Crippen LogP contribution is 2.15. The van der Waals surface area contributed by atoms with E-state index in [9.17, 15) is 9.59 Å². The van der Waals surface area contributed by atoms with E-state index in [1.807, 2.05) is 0 Å². The lowest BCUT2D eigenvalue weighted by atomic mass is 10.1. The van der Waals surface area contributed by atoms with E-state index < -0.39 is 12.0 Å². The molecular formula is C14H27N3O4. The number of hydrogen-bond donors (Lipinski definition) is 2. The number of hydrogen-bond acceptors (Lipinski definition) is 4. The summed E-state index contributed by atoms with van der Waals surface area (Å²) in [6, 6.07) is -1.18.